The van der Waals surface area contributed by atoms with Gasteiger partial charge in [0.1, 0.15) is 0 Å². The normalized spacial score (nSPS) is 6.86. The fraction of sp³-hybridized carbons (Fsp3) is 0. The Kier molecular flexibility index (Phi) is 3.61. The Balaban J connectivity index is 0.000000360. The van der Waals surface area contributed by atoms with Crippen molar-refractivity contribution in [1.29, 1.82) is 0 Å². The second kappa shape index (κ2) is 3.81. The average molecular weight is 159 g/mol. The summed E-state index contributed by atoms with van der Waals surface area (Å²) in [5, 5.41) is 0. The number of pyridine rings is 1. The van der Waals surface area contributed by atoms with E-state index in [2.05, 4.69) is 11.1 Å². The van der Waals surface area contributed by atoms with Gasteiger partial charge >= 0.3 is 0 Å². The Morgan fingerprint density at radius 2 is 1.71 bits per heavy atom. The van der Waals surface area contributed by atoms with Crippen molar-refractivity contribution in [3.05, 3.63) is 30.6 Å². The van der Waals surface area contributed by atoms with Gasteiger partial charge < -0.3 is 0 Å². The first-order chi connectivity index (χ1) is 3.00. The van der Waals surface area contributed by atoms with Crippen LogP contribution in [0.2, 0.25) is 0 Å². The van der Waals surface area contributed by atoms with E-state index >= 15 is 0 Å². The predicted molar refractivity (Wildman–Crippen MR) is 33.4 cm³/mol. The van der Waals surface area contributed by atoms with Crippen molar-refractivity contribution in [2.45, 2.75) is 0 Å². The lowest BCUT2D eigenvalue weighted by Crippen LogP contribution is -1.59. The van der Waals surface area contributed by atoms with Crippen molar-refractivity contribution >= 4 is 17.0 Å². The maximum Gasteiger partial charge on any atom is 0.0273 e. The molecule has 0 bridgehead atoms. The molecule has 0 aliphatic heterocycles. The summed E-state index contributed by atoms with van der Waals surface area (Å²) < 4.78 is 0. The van der Waals surface area contributed by atoms with Gasteiger partial charge in [-0.3, -0.25) is 4.98 Å². The molecule has 2 heteroatoms. The van der Waals surface area contributed by atoms with Gasteiger partial charge in [-0.1, -0.05) is 0 Å². The third kappa shape index (κ3) is 2.34. The van der Waals surface area contributed by atoms with Crippen molar-refractivity contribution in [3.63, 3.8) is 0 Å². The molecule has 1 nitrogen and oxygen atoms in total. The Hall–Kier alpha value is -0.370. The summed E-state index contributed by atoms with van der Waals surface area (Å²) in [7, 11) is 0. The Morgan fingerprint density at radius 3 is 1.86 bits per heavy atom. The Morgan fingerprint density at radius 1 is 1.14 bits per heavy atom. The van der Waals surface area contributed by atoms with Crippen LogP contribution in [0.1, 0.15) is 0 Å². The highest BCUT2D eigenvalue weighted by atomic mass is 79.9. The van der Waals surface area contributed by atoms with Crippen molar-refractivity contribution in [2.75, 3.05) is 0 Å². The second-order valence-electron chi connectivity index (χ2n) is 0.947. The molecule has 0 amide bonds. The van der Waals surface area contributed by atoms with E-state index in [9.17, 15) is 0 Å². The van der Waals surface area contributed by atoms with E-state index in [-0.39, 0.29) is 17.0 Å². The topological polar surface area (TPSA) is 12.9 Å². The molecule has 0 fully saturated rings. The van der Waals surface area contributed by atoms with Gasteiger partial charge in [0.15, 0.2) is 0 Å². The molecular formula is C5H5BrN. The van der Waals surface area contributed by atoms with E-state index in [4.69, 9.17) is 0 Å². The van der Waals surface area contributed by atoms with Crippen LogP contribution in [0.3, 0.4) is 0 Å². The molecule has 1 aromatic heterocycles. The van der Waals surface area contributed by atoms with E-state index in [1.165, 1.54) is 0 Å². The van der Waals surface area contributed by atoms with Crippen LogP contribution in [0.25, 0.3) is 0 Å². The molecule has 1 heterocycles. The van der Waals surface area contributed by atoms with Crippen LogP contribution in [0, 0.1) is 6.07 Å². The minimum absolute atomic E-state index is 0. The quantitative estimate of drug-likeness (QED) is 0.558. The molecule has 1 aromatic rings. The molecule has 7 heavy (non-hydrogen) atoms. The number of hydrogen-bond acceptors (Lipinski definition) is 1. The Labute approximate surface area is 53.2 Å². The summed E-state index contributed by atoms with van der Waals surface area (Å²) in [6.07, 6.45) is 3.39. The van der Waals surface area contributed by atoms with Crippen molar-refractivity contribution in [1.82, 2.24) is 4.98 Å². The van der Waals surface area contributed by atoms with Crippen molar-refractivity contribution in [3.8, 4) is 0 Å². The minimum Gasteiger partial charge on any atom is -0.265 e. The number of nitrogens with zero attached hydrogens (tertiary/aromatic N) is 1. The molecule has 37 valence electrons. The summed E-state index contributed by atoms with van der Waals surface area (Å²) in [4.78, 5) is 3.75. The molecule has 1 rings (SSSR count). The fourth-order valence-electron chi connectivity index (χ4n) is 0.277. The molecule has 1 radical (unpaired) electrons. The number of aromatic nitrogens is 1. The van der Waals surface area contributed by atoms with Gasteiger partial charge in [-0.25, -0.2) is 0 Å². The minimum atomic E-state index is 0. The van der Waals surface area contributed by atoms with E-state index in [0.29, 0.717) is 0 Å². The summed E-state index contributed by atoms with van der Waals surface area (Å²) in [5.41, 5.74) is 0. The first kappa shape index (κ1) is 6.63. The largest absolute Gasteiger partial charge is 0.265 e. The van der Waals surface area contributed by atoms with Crippen LogP contribution in [-0.2, 0) is 0 Å². The molecule has 0 atom stereocenters. The van der Waals surface area contributed by atoms with Crippen LogP contribution in [0.4, 0.5) is 0 Å². The lowest BCUT2D eigenvalue weighted by atomic mass is 10.5. The van der Waals surface area contributed by atoms with Crippen LogP contribution in [-0.4, -0.2) is 4.98 Å². The highest BCUT2D eigenvalue weighted by molar-refractivity contribution is 8.93. The van der Waals surface area contributed by atoms with Crippen LogP contribution in [0.5, 0.6) is 0 Å². The molecule has 0 aliphatic rings. The van der Waals surface area contributed by atoms with Crippen LogP contribution >= 0.6 is 17.0 Å². The SMILES string of the molecule is Br.[c]1ccncc1. The lowest BCUT2D eigenvalue weighted by molar-refractivity contribution is 1.33. The van der Waals surface area contributed by atoms with Gasteiger partial charge in [0.2, 0.25) is 0 Å². The van der Waals surface area contributed by atoms with E-state index < -0.39 is 0 Å². The maximum absolute atomic E-state index is 3.75. The highest BCUT2D eigenvalue weighted by Gasteiger charge is 1.59. The molecule has 0 saturated carbocycles. The van der Waals surface area contributed by atoms with Crippen LogP contribution in [0.15, 0.2) is 24.5 Å². The van der Waals surface area contributed by atoms with Gasteiger partial charge in [0.25, 0.3) is 0 Å². The zero-order valence-corrected chi connectivity index (χ0v) is 5.38. The van der Waals surface area contributed by atoms with E-state index in [1.54, 1.807) is 24.5 Å². The molecule has 0 saturated heterocycles. The smallest absolute Gasteiger partial charge is 0.0273 e. The van der Waals surface area contributed by atoms with E-state index in [1.807, 2.05) is 0 Å². The first-order valence-corrected chi connectivity index (χ1v) is 1.76. The van der Waals surface area contributed by atoms with Crippen molar-refractivity contribution < 1.29 is 0 Å². The van der Waals surface area contributed by atoms with Crippen LogP contribution < -0.4 is 0 Å². The standard InChI is InChI=1S/C5H4N.BrH/c1-2-4-6-5-3-1;/h2-5H;1H. The first-order valence-electron chi connectivity index (χ1n) is 1.76. The van der Waals surface area contributed by atoms with Crippen molar-refractivity contribution in [2.24, 2.45) is 0 Å². The molecule has 0 unspecified atom stereocenters. The number of rotatable bonds is 0. The molecular weight excluding hydrogens is 154 g/mol. The summed E-state index contributed by atoms with van der Waals surface area (Å²) >= 11 is 0. The fourth-order valence-corrected chi connectivity index (χ4v) is 0.277. The van der Waals surface area contributed by atoms with Gasteiger partial charge in [-0.05, 0) is 18.2 Å². The molecule has 0 N–H and O–H groups in total. The summed E-state index contributed by atoms with van der Waals surface area (Å²) in [5.74, 6) is 0. The average Bonchev–Trinajstić information content (AvgIpc) is 1.72. The number of hydrogen-bond donors (Lipinski definition) is 0. The zero-order valence-electron chi connectivity index (χ0n) is 3.66. The van der Waals surface area contributed by atoms with Gasteiger partial charge in [0.05, 0.1) is 0 Å². The van der Waals surface area contributed by atoms with Gasteiger partial charge in [0, 0.05) is 12.4 Å². The van der Waals surface area contributed by atoms with Gasteiger partial charge in [-0.2, -0.15) is 0 Å². The molecule has 0 spiro atoms. The van der Waals surface area contributed by atoms with E-state index in [0.717, 1.165) is 0 Å². The third-order valence-corrected chi connectivity index (χ3v) is 0.514. The monoisotopic (exact) mass is 158 g/mol. The summed E-state index contributed by atoms with van der Waals surface area (Å²) in [6, 6.07) is 6.36. The Bertz CT molecular complexity index is 80.0. The third-order valence-electron chi connectivity index (χ3n) is 0.514. The number of halogens is 1. The summed E-state index contributed by atoms with van der Waals surface area (Å²) in [6.45, 7) is 0. The molecule has 0 aromatic carbocycles. The maximum atomic E-state index is 3.75. The lowest BCUT2D eigenvalue weighted by Gasteiger charge is -1.69. The predicted octanol–water partition coefficient (Wildman–Crippen LogP) is 1.46. The zero-order chi connectivity index (χ0) is 4.24. The molecule has 0 aliphatic carbocycles. The van der Waals surface area contributed by atoms with Gasteiger partial charge in [-0.15, -0.1) is 17.0 Å². The second-order valence-corrected chi connectivity index (χ2v) is 0.947. The highest BCUT2D eigenvalue weighted by Crippen LogP contribution is 1.72.